The van der Waals surface area contributed by atoms with Gasteiger partial charge in [-0.25, -0.2) is 16.8 Å². The predicted octanol–water partition coefficient (Wildman–Crippen LogP) is 5.16. The van der Waals surface area contributed by atoms with Crippen LogP contribution in [0.25, 0.3) is 87.2 Å². The molecule has 17 heteroatoms. The SMILES string of the molecule is O=c1c2ccccc2[nH]c2cc3c(=O)c4c(S(=O)(=O)[O-])cccc4[nH]c3cc12.O=c1c2ccccc2[nH]c2cc3c(=O)c4c(S(=O)(=O)[O-])cccc4[nH]c3cc12.[Ni+2]. The van der Waals surface area contributed by atoms with Crippen LogP contribution < -0.4 is 21.7 Å². The van der Waals surface area contributed by atoms with Crippen molar-refractivity contribution in [1.29, 1.82) is 0 Å². The maximum absolute atomic E-state index is 13.0. The van der Waals surface area contributed by atoms with E-state index in [2.05, 4.69) is 19.9 Å². The van der Waals surface area contributed by atoms with E-state index in [1.807, 2.05) is 0 Å². The summed E-state index contributed by atoms with van der Waals surface area (Å²) in [5, 5.41) is 1.83. The minimum Gasteiger partial charge on any atom is -0.744 e. The molecular weight excluding hydrogens is 819 g/mol. The Morgan fingerprint density at radius 3 is 1.00 bits per heavy atom. The first-order chi connectivity index (χ1) is 26.7. The quantitative estimate of drug-likeness (QED) is 0.101. The second kappa shape index (κ2) is 13.3. The van der Waals surface area contributed by atoms with Gasteiger partial charge in [0.1, 0.15) is 20.2 Å². The van der Waals surface area contributed by atoms with E-state index in [1.165, 1.54) is 36.4 Å². The number of rotatable bonds is 2. The molecule has 0 amide bonds. The fraction of sp³-hybridized carbons (Fsp3) is 0. The molecule has 0 saturated heterocycles. The molecule has 57 heavy (non-hydrogen) atoms. The first-order valence-corrected chi connectivity index (χ1v) is 19.5. The summed E-state index contributed by atoms with van der Waals surface area (Å²) in [7, 11) is -9.65. The molecule has 14 nitrogen and oxygen atoms in total. The maximum atomic E-state index is 13.0. The summed E-state index contributed by atoms with van der Waals surface area (Å²) in [6.07, 6.45) is 0. The van der Waals surface area contributed by atoms with Gasteiger partial charge in [-0.2, -0.15) is 0 Å². The standard InChI is InChI=1S/2C20H12N2O5S.Ni/c2*23-19-10-4-1-2-5-13(10)21-15-9-12-16(8-11(15)19)22-14-6-3-7-17(28(25,26)27)18(14)20(12)24;/h2*1-9H,(H,21,23)(H,22,24)(H,25,26,27);/q;;+2/p-2. The Hall–Kier alpha value is -6.49. The monoisotopic (exact) mass is 840 g/mol. The van der Waals surface area contributed by atoms with Crippen molar-refractivity contribution >= 4 is 107 Å². The van der Waals surface area contributed by atoms with Crippen LogP contribution >= 0.6 is 0 Å². The molecule has 4 heterocycles. The summed E-state index contributed by atoms with van der Waals surface area (Å²) in [4.78, 5) is 62.8. The van der Waals surface area contributed by atoms with Crippen molar-refractivity contribution in [1.82, 2.24) is 19.9 Å². The van der Waals surface area contributed by atoms with Crippen LogP contribution in [-0.2, 0) is 36.7 Å². The largest absolute Gasteiger partial charge is 2.00 e. The number of benzene rings is 6. The van der Waals surface area contributed by atoms with Gasteiger partial charge in [0, 0.05) is 43.4 Å². The van der Waals surface area contributed by atoms with Crippen molar-refractivity contribution in [2.75, 3.05) is 0 Å². The molecule has 10 rings (SSSR count). The van der Waals surface area contributed by atoms with Crippen molar-refractivity contribution in [3.8, 4) is 0 Å². The zero-order valence-electron chi connectivity index (χ0n) is 28.6. The molecule has 10 aromatic rings. The molecule has 0 unspecified atom stereocenters. The van der Waals surface area contributed by atoms with Crippen molar-refractivity contribution in [3.05, 3.63) is 150 Å². The van der Waals surface area contributed by atoms with Crippen molar-refractivity contribution in [3.63, 3.8) is 0 Å². The summed E-state index contributed by atoms with van der Waals surface area (Å²) in [6, 6.07) is 28.2. The molecule has 0 spiro atoms. The third-order valence-corrected chi connectivity index (χ3v) is 11.5. The number of pyridine rings is 4. The van der Waals surface area contributed by atoms with Crippen LogP contribution in [0.5, 0.6) is 0 Å². The number of H-pyrrole nitrogens is 4. The smallest absolute Gasteiger partial charge is 0.744 e. The molecule has 6 aromatic carbocycles. The third-order valence-electron chi connectivity index (χ3n) is 9.76. The first-order valence-electron chi connectivity index (χ1n) is 16.7. The summed E-state index contributed by atoms with van der Waals surface area (Å²) in [5.74, 6) is 0. The minimum absolute atomic E-state index is 0. The Kier molecular flexibility index (Phi) is 8.75. The van der Waals surface area contributed by atoms with Crippen molar-refractivity contribution in [2.24, 2.45) is 0 Å². The van der Waals surface area contributed by atoms with Gasteiger partial charge in [0.25, 0.3) is 0 Å². The van der Waals surface area contributed by atoms with E-state index in [-0.39, 0.29) is 59.9 Å². The van der Waals surface area contributed by atoms with Crippen LogP contribution in [0.3, 0.4) is 0 Å². The topological polar surface area (TPSA) is 246 Å². The number of fused-ring (bicyclic) bond motifs is 8. The third kappa shape index (κ3) is 6.09. The van der Waals surface area contributed by atoms with Gasteiger partial charge in [0.05, 0.1) is 53.7 Å². The van der Waals surface area contributed by atoms with Gasteiger partial charge in [-0.05, 0) is 72.8 Å². The maximum Gasteiger partial charge on any atom is 2.00 e. The van der Waals surface area contributed by atoms with E-state index in [0.717, 1.165) is 12.1 Å². The van der Waals surface area contributed by atoms with Crippen LogP contribution in [0, 0.1) is 0 Å². The first kappa shape index (κ1) is 37.4. The second-order valence-corrected chi connectivity index (χ2v) is 15.8. The Morgan fingerprint density at radius 2 is 0.649 bits per heavy atom. The van der Waals surface area contributed by atoms with Gasteiger partial charge in [0.15, 0.2) is 21.7 Å². The van der Waals surface area contributed by atoms with Crippen LogP contribution in [0.4, 0.5) is 0 Å². The molecule has 4 N–H and O–H groups in total. The van der Waals surface area contributed by atoms with Gasteiger partial charge in [-0.1, -0.05) is 36.4 Å². The van der Waals surface area contributed by atoms with Gasteiger partial charge < -0.3 is 29.0 Å². The second-order valence-electron chi connectivity index (χ2n) is 13.1. The average molecular weight is 841 g/mol. The van der Waals surface area contributed by atoms with Gasteiger partial charge in [-0.3, -0.25) is 19.2 Å². The van der Waals surface area contributed by atoms with Gasteiger partial charge >= 0.3 is 16.5 Å². The Labute approximate surface area is 328 Å². The zero-order chi connectivity index (χ0) is 39.3. The number of aromatic nitrogens is 4. The Bertz CT molecular complexity index is 3620. The Balaban J connectivity index is 0.000000157. The normalized spacial score (nSPS) is 12.1. The molecule has 0 bridgehead atoms. The molecule has 0 aliphatic carbocycles. The molecule has 0 aliphatic rings. The molecule has 0 saturated carbocycles. The van der Waals surface area contributed by atoms with Crippen LogP contribution in [0.2, 0.25) is 0 Å². The molecule has 0 aliphatic heterocycles. The number of para-hydroxylation sites is 2. The predicted molar refractivity (Wildman–Crippen MR) is 211 cm³/mol. The van der Waals surface area contributed by atoms with E-state index in [0.29, 0.717) is 54.6 Å². The number of nitrogens with one attached hydrogen (secondary N) is 4. The summed E-state index contributed by atoms with van der Waals surface area (Å²) < 4.78 is 69.5. The summed E-state index contributed by atoms with van der Waals surface area (Å²) in [5.41, 5.74) is 1.80. The van der Waals surface area contributed by atoms with E-state index >= 15 is 0 Å². The fourth-order valence-corrected chi connectivity index (χ4v) is 8.64. The minimum atomic E-state index is -4.83. The molecule has 284 valence electrons. The molecule has 0 atom stereocenters. The number of hydrogen-bond acceptors (Lipinski definition) is 10. The molecule has 0 radical (unpaired) electrons. The van der Waals surface area contributed by atoms with Crippen LogP contribution in [-0.4, -0.2) is 45.9 Å². The Morgan fingerprint density at radius 1 is 0.351 bits per heavy atom. The van der Waals surface area contributed by atoms with Crippen LogP contribution in [0.1, 0.15) is 0 Å². The zero-order valence-corrected chi connectivity index (χ0v) is 31.2. The number of hydrogen-bond donors (Lipinski definition) is 4. The van der Waals surface area contributed by atoms with Gasteiger partial charge in [0.2, 0.25) is 0 Å². The number of aromatic amines is 4. The van der Waals surface area contributed by atoms with E-state index < -0.39 is 40.9 Å². The van der Waals surface area contributed by atoms with Gasteiger partial charge in [-0.15, -0.1) is 0 Å². The van der Waals surface area contributed by atoms with E-state index in [1.54, 1.807) is 60.7 Å². The molecule has 0 fully saturated rings. The van der Waals surface area contributed by atoms with E-state index in [4.69, 9.17) is 0 Å². The van der Waals surface area contributed by atoms with Crippen LogP contribution in [0.15, 0.2) is 138 Å². The van der Waals surface area contributed by atoms with E-state index in [9.17, 15) is 45.1 Å². The van der Waals surface area contributed by atoms with Crippen molar-refractivity contribution in [2.45, 2.75) is 9.79 Å². The fourth-order valence-electron chi connectivity index (χ4n) is 7.24. The average Bonchev–Trinajstić information content (AvgIpc) is 3.17. The van der Waals surface area contributed by atoms with Crippen molar-refractivity contribution < 1.29 is 42.4 Å². The molecule has 4 aromatic heterocycles. The molecular formula is C40H22N4NiO10S2. The summed E-state index contributed by atoms with van der Waals surface area (Å²) >= 11 is 0. The summed E-state index contributed by atoms with van der Waals surface area (Å²) in [6.45, 7) is 0.